The molecule has 40 nitrogen and oxygen atoms in total. The molecule has 0 aromatic heterocycles. The van der Waals surface area contributed by atoms with Crippen LogP contribution in [0.15, 0.2) is 54.6 Å². The summed E-state index contributed by atoms with van der Waals surface area (Å²) in [5.41, 5.74) is 0.870. The number of benzene rings is 2. The normalized spacial score (nSPS) is 32.7. The van der Waals surface area contributed by atoms with Crippen LogP contribution in [0.3, 0.4) is 0 Å². The lowest BCUT2D eigenvalue weighted by molar-refractivity contribution is -0.383. The first-order valence-corrected chi connectivity index (χ1v) is 32.9. The Morgan fingerprint density at radius 1 is 0.505 bits per heavy atom. The average Bonchev–Trinajstić information content (AvgIpc) is 0.776. The van der Waals surface area contributed by atoms with Gasteiger partial charge in [0, 0.05) is 36.6 Å². The highest BCUT2D eigenvalue weighted by Crippen LogP contribution is 2.37. The second kappa shape index (κ2) is 31.1. The standard InChI is InChI=1S/C46H62N2O38S5/c1-19-27(48-87(60,61)62)30(52)34(24(78-19)17-76-88(63,64)65)80-46-39(86-91(72,73)74)33(55)37(41(84-46)43(58)59)82-44-28(47-26(50)12-8-4-7-11-23(49)20-13-15-22(16-14-20)29(51)21-9-5-3-6-10-21)31(53)35(25(79-44)18-77-89(66,67)68)81-45-38(85-90(69,70)71)32(54)36(75-2)40(83-45)42(56)57/h3,5-6,9-10,13-16,19,24-25,27-28,30-41,44-46,48,52-55H,4,7-8,11-12,17-18H2,1-2H3,(H,47,50)(H,56,57)(H,58,59)(H,60,61,62)(H,63,64,65)(H,66,67,68)(H,69,70,71)(H,72,73,74)/p-7/t19-,24?,25?,27-,28+,30?,31?,32+,33+,34-,35-,36+,37+,38?,39?,40?,41?,44-,45+,46+/m0/s1. The van der Waals surface area contributed by atoms with Crippen molar-refractivity contribution in [2.24, 2.45) is 0 Å². The predicted octanol–water partition coefficient (Wildman–Crippen LogP) is -9.33. The van der Waals surface area contributed by atoms with E-state index < -0.39 is 218 Å². The fraction of sp³-hybridized carbons (Fsp3) is 0.630. The van der Waals surface area contributed by atoms with Crippen molar-refractivity contribution in [3.63, 3.8) is 0 Å². The molecule has 6 rings (SSSR count). The summed E-state index contributed by atoms with van der Waals surface area (Å²) in [6, 6.07) is 9.27. The van der Waals surface area contributed by atoms with E-state index in [0.717, 1.165) is 14.0 Å². The van der Waals surface area contributed by atoms with Crippen LogP contribution in [0.25, 0.3) is 0 Å². The molecule has 514 valence electrons. The van der Waals surface area contributed by atoms with Gasteiger partial charge in [-0.05, 0) is 19.8 Å². The highest BCUT2D eigenvalue weighted by Gasteiger charge is 2.58. The summed E-state index contributed by atoms with van der Waals surface area (Å²) < 4.78 is 239. The molecule has 8 unspecified atom stereocenters. The quantitative estimate of drug-likeness (QED) is 0.0177. The lowest BCUT2D eigenvalue weighted by Gasteiger charge is -2.51. The van der Waals surface area contributed by atoms with E-state index in [0.29, 0.717) is 5.56 Å². The van der Waals surface area contributed by atoms with Crippen LogP contribution in [0, 0.1) is 0 Å². The third kappa shape index (κ3) is 21.3. The number of Topliss-reactive ketones (excluding diaryl/α,β-unsaturated/α-hetero) is 1. The Morgan fingerprint density at radius 2 is 0.945 bits per heavy atom. The number of carbonyl (C=O) groups excluding carboxylic acids is 5. The van der Waals surface area contributed by atoms with Gasteiger partial charge in [0.1, 0.15) is 79.3 Å². The number of ether oxygens (including phenoxy) is 8. The summed E-state index contributed by atoms with van der Waals surface area (Å²) in [6.45, 7) is -2.29. The number of carbonyl (C=O) groups is 5. The summed E-state index contributed by atoms with van der Waals surface area (Å²) >= 11 is 0. The largest absolute Gasteiger partial charge is 0.735 e. The van der Waals surface area contributed by atoms with Gasteiger partial charge in [0.05, 0.1) is 37.3 Å². The zero-order valence-corrected chi connectivity index (χ0v) is 50.5. The molecule has 0 aliphatic carbocycles. The van der Waals surface area contributed by atoms with Crippen LogP contribution in [0.1, 0.15) is 65.3 Å². The number of nitrogens with one attached hydrogen (secondary N) is 2. The molecule has 4 aliphatic rings. The van der Waals surface area contributed by atoms with Crippen molar-refractivity contribution in [2.75, 3.05) is 20.3 Å². The maximum Gasteiger partial charge on any atom is 0.220 e. The topological polar surface area (TPSA) is 633 Å². The smallest absolute Gasteiger partial charge is 0.220 e. The minimum atomic E-state index is -6.28. The van der Waals surface area contributed by atoms with Crippen molar-refractivity contribution in [1.82, 2.24) is 10.0 Å². The molecule has 91 heavy (non-hydrogen) atoms. The second-order valence-corrected chi connectivity index (χ2v) is 25.4. The van der Waals surface area contributed by atoms with Crippen LogP contribution in [0.5, 0.6) is 0 Å². The first-order valence-electron chi connectivity index (χ1n) is 26.1. The van der Waals surface area contributed by atoms with Crippen LogP contribution in [0.4, 0.5) is 0 Å². The van der Waals surface area contributed by atoms with Gasteiger partial charge in [-0.3, -0.25) is 31.1 Å². The number of rotatable bonds is 31. The zero-order chi connectivity index (χ0) is 67.9. The molecular weight excluding hydrogens is 1350 g/mol. The molecule has 4 saturated heterocycles. The Bertz CT molecular complexity index is 3460. The van der Waals surface area contributed by atoms with Crippen molar-refractivity contribution >= 4 is 81.3 Å². The SMILES string of the molecule is CO[C@H]1C(C(=O)[O-])O[C@@H](O[C@H]2C(COS(=O)(=O)[O-])O[C@@H](O[C@H]3C(C(=O)[O-])O[C@@H](O[C@H]4C(COS(=O)(=O)[O-])O[C@@H](C)[C@H](NS(=O)(=O)[O-])C4O)C(OS(=O)(=O)[O-])[C@@H]3O)[C@H](NC(=O)CCCCCC(=O)c3ccc(C(=O)c4ccccc4)cc3)C2O)C(OS(=O)(=O)[O-])[C@@H]1O. The summed E-state index contributed by atoms with van der Waals surface area (Å²) in [5, 5.41) is 73.7. The van der Waals surface area contributed by atoms with E-state index in [1.54, 1.807) is 30.3 Å². The Hall–Kier alpha value is -4.94. The Morgan fingerprint density at radius 3 is 1.42 bits per heavy atom. The molecule has 0 saturated carbocycles. The van der Waals surface area contributed by atoms with Gasteiger partial charge in [0.15, 0.2) is 52.9 Å². The minimum Gasteiger partial charge on any atom is -0.735 e. The Balaban J connectivity index is 1.34. The van der Waals surface area contributed by atoms with Gasteiger partial charge >= 0.3 is 0 Å². The van der Waals surface area contributed by atoms with Crippen LogP contribution >= 0.6 is 0 Å². The molecule has 0 radical (unpaired) electrons. The summed E-state index contributed by atoms with van der Waals surface area (Å²) in [6.07, 6.45) is -48.5. The van der Waals surface area contributed by atoms with E-state index in [-0.39, 0.29) is 42.6 Å². The molecule has 45 heteroatoms. The average molecular weight is 1400 g/mol. The van der Waals surface area contributed by atoms with Gasteiger partial charge in [-0.1, -0.05) is 61.0 Å². The van der Waals surface area contributed by atoms with E-state index in [2.05, 4.69) is 22.0 Å². The fourth-order valence-corrected chi connectivity index (χ4v) is 12.1. The monoisotopic (exact) mass is 1400 g/mol. The minimum absolute atomic E-state index is 0.0607. The van der Waals surface area contributed by atoms with Crippen molar-refractivity contribution in [3.05, 3.63) is 71.3 Å². The number of carboxylic acid groups (broad SMARTS) is 2. The van der Waals surface area contributed by atoms with E-state index in [9.17, 15) is 119 Å². The number of hydrogen-bond acceptors (Lipinski definition) is 38. The van der Waals surface area contributed by atoms with Crippen LogP contribution in [0.2, 0.25) is 0 Å². The molecule has 1 amide bonds. The molecular formula is C46H55N2O38S5-7. The maximum atomic E-state index is 13.9. The van der Waals surface area contributed by atoms with Crippen LogP contribution in [-0.4, -0.2) is 258 Å². The van der Waals surface area contributed by atoms with Gasteiger partial charge < -0.3 is 106 Å². The predicted molar refractivity (Wildman–Crippen MR) is 272 cm³/mol. The number of aliphatic hydroxyl groups is 4. The van der Waals surface area contributed by atoms with Gasteiger partial charge in [0.2, 0.25) is 47.5 Å². The molecule has 4 aliphatic heterocycles. The fourth-order valence-electron chi connectivity index (χ4n) is 9.89. The number of ketones is 2. The number of methoxy groups -OCH3 is 1. The van der Waals surface area contributed by atoms with Gasteiger partial charge in [-0.15, -0.1) is 0 Å². The third-order valence-electron chi connectivity index (χ3n) is 13.9. The number of amides is 1. The maximum absolute atomic E-state index is 13.9. The Labute approximate surface area is 516 Å². The molecule has 0 bridgehead atoms. The van der Waals surface area contributed by atoms with E-state index >= 15 is 0 Å². The number of aliphatic carboxylic acids is 2. The van der Waals surface area contributed by atoms with E-state index in [4.69, 9.17) is 37.9 Å². The van der Waals surface area contributed by atoms with Gasteiger partial charge in [-0.2, -0.15) is 0 Å². The lowest BCUT2D eigenvalue weighted by atomic mass is 9.93. The molecule has 0 spiro atoms. The van der Waals surface area contributed by atoms with E-state index in [1.807, 2.05) is 0 Å². The first kappa shape index (κ1) is 75.1. The van der Waals surface area contributed by atoms with Gasteiger partial charge in [-0.25, -0.2) is 46.8 Å². The summed E-state index contributed by atoms with van der Waals surface area (Å²) in [4.78, 5) is 65.0. The van der Waals surface area contributed by atoms with E-state index in [1.165, 1.54) is 29.0 Å². The summed E-state index contributed by atoms with van der Waals surface area (Å²) in [7, 11) is -28.8. The molecule has 4 fully saturated rings. The van der Waals surface area contributed by atoms with Crippen LogP contribution in [-0.2, 0) is 121 Å². The molecule has 6 N–H and O–H groups in total. The van der Waals surface area contributed by atoms with Crippen molar-refractivity contribution < 1.29 is 174 Å². The van der Waals surface area contributed by atoms with Crippen LogP contribution < -0.4 is 20.3 Å². The molecule has 20 atom stereocenters. The second-order valence-electron chi connectivity index (χ2n) is 20.1. The van der Waals surface area contributed by atoms with Crippen molar-refractivity contribution in [2.45, 2.75) is 162 Å². The molecule has 2 aromatic rings. The molecule has 4 heterocycles. The lowest BCUT2D eigenvalue weighted by Crippen LogP contribution is -2.71. The number of unbranched alkanes of at least 4 members (excludes halogenated alkanes) is 2. The zero-order valence-electron chi connectivity index (χ0n) is 46.4. The highest BCUT2D eigenvalue weighted by atomic mass is 32.3. The summed E-state index contributed by atoms with van der Waals surface area (Å²) in [5.74, 6) is -6.74. The molecule has 2 aromatic carbocycles. The highest BCUT2D eigenvalue weighted by molar-refractivity contribution is 7.83. The number of carboxylic acids is 2. The third-order valence-corrected chi connectivity index (χ3v) is 16.2. The number of hydrogen-bond donors (Lipinski definition) is 6. The van der Waals surface area contributed by atoms with Crippen molar-refractivity contribution in [1.29, 1.82) is 0 Å². The number of aliphatic hydroxyl groups excluding tert-OH is 4. The van der Waals surface area contributed by atoms with Gasteiger partial charge in [0.25, 0.3) is 0 Å². The Kier molecular flexibility index (Phi) is 25.6. The first-order chi connectivity index (χ1) is 42.2. The van der Waals surface area contributed by atoms with Crippen molar-refractivity contribution in [3.8, 4) is 0 Å².